The highest BCUT2D eigenvalue weighted by Gasteiger charge is 2.22. The molecule has 1 unspecified atom stereocenters. The van der Waals surface area contributed by atoms with E-state index in [1.54, 1.807) is 0 Å². The lowest BCUT2D eigenvalue weighted by Gasteiger charge is -2.29. The van der Waals surface area contributed by atoms with Gasteiger partial charge in [-0.3, -0.25) is 0 Å². The van der Waals surface area contributed by atoms with E-state index in [1.807, 2.05) is 24.3 Å². The third-order valence-electron chi connectivity index (χ3n) is 7.04. The zero-order chi connectivity index (χ0) is 22.7. The normalized spacial score (nSPS) is 19.2. The third-order valence-corrected chi connectivity index (χ3v) is 7.04. The van der Waals surface area contributed by atoms with Gasteiger partial charge >= 0.3 is 0 Å². The predicted octanol–water partition coefficient (Wildman–Crippen LogP) is 6.30. The lowest BCUT2D eigenvalue weighted by atomic mass is 9.78. The summed E-state index contributed by atoms with van der Waals surface area (Å²) >= 11 is 0. The van der Waals surface area contributed by atoms with Crippen LogP contribution in [0.25, 0.3) is 0 Å². The molecule has 0 bridgehead atoms. The van der Waals surface area contributed by atoms with Gasteiger partial charge in [0, 0.05) is 12.5 Å². The van der Waals surface area contributed by atoms with Gasteiger partial charge in [0.2, 0.25) is 0 Å². The molecule has 1 fully saturated rings. The van der Waals surface area contributed by atoms with Crippen molar-refractivity contribution in [3.63, 3.8) is 0 Å². The summed E-state index contributed by atoms with van der Waals surface area (Å²) < 4.78 is 5.94. The van der Waals surface area contributed by atoms with Crippen molar-refractivity contribution in [3.05, 3.63) is 102 Å². The van der Waals surface area contributed by atoms with E-state index in [0.29, 0.717) is 12.5 Å². The molecule has 0 aromatic heterocycles. The van der Waals surface area contributed by atoms with Crippen LogP contribution in [0.2, 0.25) is 0 Å². The topological polar surface area (TPSA) is 41.5 Å². The van der Waals surface area contributed by atoms with E-state index in [2.05, 4.69) is 66.0 Å². The summed E-state index contributed by atoms with van der Waals surface area (Å²) in [7, 11) is 0. The minimum atomic E-state index is 0.215. The van der Waals surface area contributed by atoms with Gasteiger partial charge in [-0.1, -0.05) is 72.8 Å². The zero-order valence-electron chi connectivity index (χ0n) is 19.5. The van der Waals surface area contributed by atoms with Crippen molar-refractivity contribution in [1.29, 1.82) is 0 Å². The highest BCUT2D eigenvalue weighted by atomic mass is 16.5. The summed E-state index contributed by atoms with van der Waals surface area (Å²) in [5.74, 6) is 2.60. The molecule has 3 nitrogen and oxygen atoms in total. The quantitative estimate of drug-likeness (QED) is 0.342. The number of aliphatic hydroxyl groups excluding tert-OH is 1. The Morgan fingerprint density at radius 2 is 1.48 bits per heavy atom. The summed E-state index contributed by atoms with van der Waals surface area (Å²) in [6.07, 6.45) is 6.08. The Morgan fingerprint density at radius 1 is 0.818 bits per heavy atom. The van der Waals surface area contributed by atoms with Crippen molar-refractivity contribution in [1.82, 2.24) is 5.32 Å². The third kappa shape index (κ3) is 7.18. The second-order valence-corrected chi connectivity index (χ2v) is 9.34. The van der Waals surface area contributed by atoms with Crippen molar-refractivity contribution in [2.75, 3.05) is 19.7 Å². The van der Waals surface area contributed by atoms with Crippen LogP contribution in [0.3, 0.4) is 0 Å². The van der Waals surface area contributed by atoms with E-state index in [4.69, 9.17) is 4.74 Å². The molecule has 3 aromatic carbocycles. The molecule has 2 N–H and O–H groups in total. The highest BCUT2D eigenvalue weighted by Crippen LogP contribution is 2.36. The standard InChI is InChI=1S/C30H37NO2/c32-22-29(26-9-5-2-6-10-26)19-20-31-21-24-11-13-27(14-12-24)28-15-17-30(18-16-28)33-23-25-7-3-1-4-8-25/h1-10,15-18,24,27,29,31-32H,11-14,19-23H2/t24-,27-,29?. The average Bonchev–Trinajstić information content (AvgIpc) is 2.89. The van der Waals surface area contributed by atoms with Gasteiger partial charge in [0.05, 0.1) is 0 Å². The Labute approximate surface area is 198 Å². The molecule has 1 saturated carbocycles. The number of rotatable bonds is 11. The lowest BCUT2D eigenvalue weighted by molar-refractivity contribution is 0.255. The van der Waals surface area contributed by atoms with Crippen molar-refractivity contribution in [2.24, 2.45) is 5.92 Å². The van der Waals surface area contributed by atoms with E-state index in [0.717, 1.165) is 31.2 Å². The van der Waals surface area contributed by atoms with Crippen LogP contribution in [0, 0.1) is 5.92 Å². The molecule has 0 heterocycles. The number of aliphatic hydroxyl groups is 1. The van der Waals surface area contributed by atoms with Gasteiger partial charge in [0.1, 0.15) is 12.4 Å². The average molecular weight is 444 g/mol. The van der Waals surface area contributed by atoms with Crippen molar-refractivity contribution < 1.29 is 9.84 Å². The monoisotopic (exact) mass is 443 g/mol. The molecular weight excluding hydrogens is 406 g/mol. The summed E-state index contributed by atoms with van der Waals surface area (Å²) in [6.45, 7) is 2.88. The van der Waals surface area contributed by atoms with Crippen LogP contribution in [0.1, 0.15) is 60.6 Å². The first-order valence-electron chi connectivity index (χ1n) is 12.4. The molecule has 1 atom stereocenters. The van der Waals surface area contributed by atoms with Crippen LogP contribution in [-0.4, -0.2) is 24.8 Å². The molecule has 0 aliphatic heterocycles. The van der Waals surface area contributed by atoms with E-state index in [1.165, 1.54) is 42.4 Å². The molecule has 3 heteroatoms. The van der Waals surface area contributed by atoms with E-state index in [9.17, 15) is 5.11 Å². The lowest BCUT2D eigenvalue weighted by Crippen LogP contribution is -2.28. The van der Waals surface area contributed by atoms with Gasteiger partial charge in [0.15, 0.2) is 0 Å². The summed E-state index contributed by atoms with van der Waals surface area (Å²) in [4.78, 5) is 0. The van der Waals surface area contributed by atoms with E-state index < -0.39 is 0 Å². The van der Waals surface area contributed by atoms with Crippen LogP contribution in [-0.2, 0) is 6.61 Å². The van der Waals surface area contributed by atoms with Gasteiger partial charge in [-0.15, -0.1) is 0 Å². The van der Waals surface area contributed by atoms with Crippen LogP contribution in [0.4, 0.5) is 0 Å². The predicted molar refractivity (Wildman–Crippen MR) is 136 cm³/mol. The van der Waals surface area contributed by atoms with Crippen LogP contribution in [0.5, 0.6) is 5.75 Å². The summed E-state index contributed by atoms with van der Waals surface area (Å²) in [5, 5.41) is 13.4. The molecule has 0 radical (unpaired) electrons. The number of ether oxygens (including phenoxy) is 1. The number of hydrogen-bond donors (Lipinski definition) is 2. The second-order valence-electron chi connectivity index (χ2n) is 9.34. The fourth-order valence-corrected chi connectivity index (χ4v) is 4.95. The maximum atomic E-state index is 9.73. The van der Waals surface area contributed by atoms with Crippen molar-refractivity contribution in [2.45, 2.75) is 50.5 Å². The van der Waals surface area contributed by atoms with Crippen molar-refractivity contribution >= 4 is 0 Å². The number of benzene rings is 3. The SMILES string of the molecule is OCC(CCNC[C@H]1CC[C@H](c2ccc(OCc3ccccc3)cc2)CC1)c1ccccc1. The largest absolute Gasteiger partial charge is 0.489 e. The van der Waals surface area contributed by atoms with E-state index >= 15 is 0 Å². The Balaban J connectivity index is 1.14. The maximum absolute atomic E-state index is 9.73. The van der Waals surface area contributed by atoms with Crippen LogP contribution < -0.4 is 10.1 Å². The first-order chi connectivity index (χ1) is 16.3. The Hall–Kier alpha value is -2.62. The fourth-order valence-electron chi connectivity index (χ4n) is 4.95. The van der Waals surface area contributed by atoms with Crippen LogP contribution >= 0.6 is 0 Å². The molecule has 3 aromatic rings. The Morgan fingerprint density at radius 3 is 2.15 bits per heavy atom. The number of nitrogens with one attached hydrogen (secondary N) is 1. The van der Waals surface area contributed by atoms with Crippen molar-refractivity contribution in [3.8, 4) is 5.75 Å². The molecule has 33 heavy (non-hydrogen) atoms. The van der Waals surface area contributed by atoms with Gasteiger partial charge < -0.3 is 15.2 Å². The molecular formula is C30H37NO2. The molecule has 4 rings (SSSR count). The number of hydrogen-bond acceptors (Lipinski definition) is 3. The molecule has 1 aliphatic carbocycles. The van der Waals surface area contributed by atoms with Gasteiger partial charge in [-0.05, 0) is 85.9 Å². The molecule has 0 amide bonds. The molecule has 0 saturated heterocycles. The molecule has 174 valence electrons. The first-order valence-corrected chi connectivity index (χ1v) is 12.4. The highest BCUT2D eigenvalue weighted by molar-refractivity contribution is 5.30. The summed E-state index contributed by atoms with van der Waals surface area (Å²) in [6, 6.07) is 29.4. The fraction of sp³-hybridized carbons (Fsp3) is 0.400. The molecule has 0 spiro atoms. The Bertz CT molecular complexity index is 919. The molecule has 1 aliphatic rings. The smallest absolute Gasteiger partial charge is 0.119 e. The second kappa shape index (κ2) is 12.6. The zero-order valence-corrected chi connectivity index (χ0v) is 19.5. The first kappa shape index (κ1) is 23.5. The summed E-state index contributed by atoms with van der Waals surface area (Å²) in [5.41, 5.74) is 3.88. The maximum Gasteiger partial charge on any atom is 0.119 e. The minimum Gasteiger partial charge on any atom is -0.489 e. The van der Waals surface area contributed by atoms with Crippen LogP contribution in [0.15, 0.2) is 84.9 Å². The van der Waals surface area contributed by atoms with Gasteiger partial charge in [-0.25, -0.2) is 0 Å². The van der Waals surface area contributed by atoms with Gasteiger partial charge in [-0.2, -0.15) is 0 Å². The minimum absolute atomic E-state index is 0.215. The van der Waals surface area contributed by atoms with Gasteiger partial charge in [0.25, 0.3) is 0 Å². The Kier molecular flexibility index (Phi) is 8.97. The van der Waals surface area contributed by atoms with E-state index in [-0.39, 0.29) is 12.5 Å².